The van der Waals surface area contributed by atoms with Gasteiger partial charge in [-0.15, -0.1) is 0 Å². The first-order valence-corrected chi connectivity index (χ1v) is 8.77. The summed E-state index contributed by atoms with van der Waals surface area (Å²) < 4.78 is 30.1. The van der Waals surface area contributed by atoms with E-state index < -0.39 is 22.0 Å². The predicted molar refractivity (Wildman–Crippen MR) is 88.2 cm³/mol. The Balaban J connectivity index is 2.36. The van der Waals surface area contributed by atoms with Gasteiger partial charge in [0.05, 0.1) is 6.26 Å². The van der Waals surface area contributed by atoms with Crippen LogP contribution in [0.1, 0.15) is 11.7 Å². The molecule has 0 aromatic heterocycles. The Kier molecular flexibility index (Phi) is 5.12. The third-order valence-electron chi connectivity index (χ3n) is 2.81. The van der Waals surface area contributed by atoms with Crippen LogP contribution in [0.3, 0.4) is 0 Å². The summed E-state index contributed by atoms with van der Waals surface area (Å²) in [5.41, 5.74) is 8.28. The quantitative estimate of drug-likeness (QED) is 0.892. The van der Waals surface area contributed by atoms with Gasteiger partial charge in [0, 0.05) is 10.6 Å². The fourth-order valence-corrected chi connectivity index (χ4v) is 2.51. The van der Waals surface area contributed by atoms with Crippen LogP contribution in [-0.2, 0) is 14.8 Å². The zero-order valence-corrected chi connectivity index (χ0v) is 13.7. The van der Waals surface area contributed by atoms with Gasteiger partial charge in [-0.25, -0.2) is 13.1 Å². The summed E-state index contributed by atoms with van der Waals surface area (Å²) in [7, 11) is -3.73. The molecule has 6 nitrogen and oxygen atoms in total. The topological polar surface area (TPSA) is 96.3 Å². The van der Waals surface area contributed by atoms with Gasteiger partial charge in [0.15, 0.2) is 0 Å². The number of carbonyl (C=O) groups is 1. The van der Waals surface area contributed by atoms with Crippen molar-refractivity contribution in [3.63, 3.8) is 0 Å². The maximum absolute atomic E-state index is 12.2. The number of hydrogen-bond acceptors (Lipinski definition) is 4. The number of ether oxygens (including phenoxy) is 1. The van der Waals surface area contributed by atoms with Crippen molar-refractivity contribution in [2.75, 3.05) is 6.26 Å². The van der Waals surface area contributed by atoms with Crippen molar-refractivity contribution in [2.24, 2.45) is 0 Å². The molecule has 0 radical (unpaired) electrons. The molecule has 1 unspecified atom stereocenters. The Morgan fingerprint density at radius 1 is 1.22 bits per heavy atom. The Morgan fingerprint density at radius 2 is 1.87 bits per heavy atom. The lowest BCUT2D eigenvalue weighted by Gasteiger charge is -2.22. The maximum atomic E-state index is 12.2. The maximum Gasteiger partial charge on any atom is 0.279 e. The molecule has 0 aliphatic rings. The highest BCUT2D eigenvalue weighted by atomic mass is 35.5. The van der Waals surface area contributed by atoms with Gasteiger partial charge in [-0.1, -0.05) is 53.7 Å². The Labute approximate surface area is 139 Å². The monoisotopic (exact) mass is 353 g/mol. The zero-order chi connectivity index (χ0) is 17.0. The lowest BCUT2D eigenvalue weighted by molar-refractivity contribution is -0.126. The highest BCUT2D eigenvalue weighted by molar-refractivity contribution is 7.89. The van der Waals surface area contributed by atoms with Gasteiger partial charge in [-0.3, -0.25) is 4.79 Å². The number of benzene rings is 2. The van der Waals surface area contributed by atoms with E-state index in [-0.39, 0.29) is 11.4 Å². The van der Waals surface area contributed by atoms with Crippen molar-refractivity contribution >= 4 is 33.2 Å². The van der Waals surface area contributed by atoms with Gasteiger partial charge in [0.1, 0.15) is 5.75 Å². The van der Waals surface area contributed by atoms with E-state index in [2.05, 4.69) is 0 Å². The molecule has 2 rings (SSSR count). The SMILES string of the molecule is CS(=O)(=O)NC(=O)C(Oc1ccc(Cl)cc1[NH-])c1ccccc1. The highest BCUT2D eigenvalue weighted by Crippen LogP contribution is 2.33. The van der Waals surface area contributed by atoms with Crippen LogP contribution in [0, 0.1) is 0 Å². The van der Waals surface area contributed by atoms with E-state index >= 15 is 0 Å². The molecule has 0 saturated heterocycles. The Hall–Kier alpha value is -2.25. The molecular formula is C15H14ClN2O4S-. The molecule has 122 valence electrons. The van der Waals surface area contributed by atoms with Gasteiger partial charge >= 0.3 is 0 Å². The van der Waals surface area contributed by atoms with Gasteiger partial charge in [-0.05, 0) is 12.1 Å². The van der Waals surface area contributed by atoms with Gasteiger partial charge in [0.25, 0.3) is 5.91 Å². The minimum absolute atomic E-state index is 0.00872. The summed E-state index contributed by atoms with van der Waals surface area (Å²) >= 11 is 5.79. The van der Waals surface area contributed by atoms with E-state index in [1.807, 2.05) is 4.72 Å². The van der Waals surface area contributed by atoms with Crippen molar-refractivity contribution in [1.29, 1.82) is 0 Å². The van der Waals surface area contributed by atoms with E-state index in [1.165, 1.54) is 18.2 Å². The molecule has 0 bridgehead atoms. The number of carbonyl (C=O) groups excluding carboxylic acids is 1. The molecule has 23 heavy (non-hydrogen) atoms. The standard InChI is InChI=1S/C15H14ClN2O4S/c1-23(20,21)18-15(19)14(10-5-3-2-4-6-10)22-13-8-7-11(16)9-12(13)17/h2-9,14,17H,1H3,(H,18,19)/q-1. The number of sulfonamides is 1. The second kappa shape index (κ2) is 6.89. The molecule has 2 N–H and O–H groups in total. The second-order valence-electron chi connectivity index (χ2n) is 4.79. The van der Waals surface area contributed by atoms with E-state index in [4.69, 9.17) is 22.1 Å². The first-order valence-electron chi connectivity index (χ1n) is 6.50. The molecule has 0 aliphatic heterocycles. The third-order valence-corrected chi connectivity index (χ3v) is 3.62. The van der Waals surface area contributed by atoms with Crippen molar-refractivity contribution in [2.45, 2.75) is 6.10 Å². The van der Waals surface area contributed by atoms with Crippen molar-refractivity contribution in [3.05, 3.63) is 64.9 Å². The summed E-state index contributed by atoms with van der Waals surface area (Å²) in [6.45, 7) is 0. The molecule has 1 amide bonds. The minimum atomic E-state index is -3.73. The number of nitrogens with one attached hydrogen (secondary N) is 2. The Bertz CT molecular complexity index is 809. The summed E-state index contributed by atoms with van der Waals surface area (Å²) in [5.74, 6) is -0.722. The number of rotatable bonds is 5. The lowest BCUT2D eigenvalue weighted by Crippen LogP contribution is -2.36. The summed E-state index contributed by atoms with van der Waals surface area (Å²) in [6, 6.07) is 12.8. The fraction of sp³-hybridized carbons (Fsp3) is 0.133. The highest BCUT2D eigenvalue weighted by Gasteiger charge is 2.25. The Morgan fingerprint density at radius 3 is 2.43 bits per heavy atom. The average Bonchev–Trinajstić information content (AvgIpc) is 2.45. The van der Waals surface area contributed by atoms with Crippen LogP contribution >= 0.6 is 11.6 Å². The van der Waals surface area contributed by atoms with Crippen molar-refractivity contribution in [3.8, 4) is 5.75 Å². The molecule has 0 spiro atoms. The smallest absolute Gasteiger partial charge is 0.279 e. The van der Waals surface area contributed by atoms with Crippen LogP contribution in [-0.4, -0.2) is 20.6 Å². The number of amides is 1. The van der Waals surface area contributed by atoms with E-state index in [1.54, 1.807) is 30.3 Å². The van der Waals surface area contributed by atoms with Crippen molar-refractivity contribution < 1.29 is 17.9 Å². The molecular weight excluding hydrogens is 340 g/mol. The van der Waals surface area contributed by atoms with Crippen LogP contribution in [0.4, 0.5) is 5.69 Å². The second-order valence-corrected chi connectivity index (χ2v) is 6.97. The zero-order valence-electron chi connectivity index (χ0n) is 12.1. The fourth-order valence-electron chi connectivity index (χ4n) is 1.87. The van der Waals surface area contributed by atoms with Gasteiger partial charge in [-0.2, -0.15) is 0 Å². The molecule has 0 saturated carbocycles. The summed E-state index contributed by atoms with van der Waals surface area (Å²) in [6.07, 6.45) is -0.332. The summed E-state index contributed by atoms with van der Waals surface area (Å²) in [4.78, 5) is 12.2. The molecule has 0 heterocycles. The molecule has 0 fully saturated rings. The van der Waals surface area contributed by atoms with Crippen LogP contribution < -0.4 is 9.46 Å². The summed E-state index contributed by atoms with van der Waals surface area (Å²) in [5, 5.41) is 0.360. The molecule has 1 atom stereocenters. The average molecular weight is 354 g/mol. The lowest BCUT2D eigenvalue weighted by atomic mass is 10.1. The van der Waals surface area contributed by atoms with Crippen LogP contribution in [0.5, 0.6) is 5.75 Å². The largest absolute Gasteiger partial charge is 0.696 e. The third kappa shape index (κ3) is 4.87. The van der Waals surface area contributed by atoms with E-state index in [0.717, 1.165) is 6.26 Å². The van der Waals surface area contributed by atoms with Crippen LogP contribution in [0.2, 0.25) is 5.02 Å². The number of hydrogen-bond donors (Lipinski definition) is 1. The van der Waals surface area contributed by atoms with Gasteiger partial charge < -0.3 is 10.5 Å². The first-order chi connectivity index (χ1) is 10.8. The number of halogens is 1. The molecule has 2 aromatic rings. The minimum Gasteiger partial charge on any atom is -0.696 e. The molecule has 8 heteroatoms. The van der Waals surface area contributed by atoms with Gasteiger partial charge in [0.2, 0.25) is 16.1 Å². The van der Waals surface area contributed by atoms with Crippen LogP contribution in [0.25, 0.3) is 5.73 Å². The normalized spacial score (nSPS) is 12.4. The molecule has 2 aromatic carbocycles. The predicted octanol–water partition coefficient (Wildman–Crippen LogP) is 3.22. The van der Waals surface area contributed by atoms with Crippen molar-refractivity contribution in [1.82, 2.24) is 4.72 Å². The molecule has 0 aliphatic carbocycles. The first kappa shape index (κ1) is 17.1. The van der Waals surface area contributed by atoms with Crippen LogP contribution in [0.15, 0.2) is 48.5 Å². The van der Waals surface area contributed by atoms with E-state index in [9.17, 15) is 13.2 Å². The van der Waals surface area contributed by atoms with E-state index in [0.29, 0.717) is 10.6 Å².